The minimum Gasteiger partial charge on any atom is -0.355 e. The second-order valence-corrected chi connectivity index (χ2v) is 5.82. The van der Waals surface area contributed by atoms with Crippen LogP contribution in [0.5, 0.6) is 0 Å². The number of anilines is 1. The third-order valence-corrected chi connectivity index (χ3v) is 3.70. The molecule has 2 amide bonds. The van der Waals surface area contributed by atoms with Gasteiger partial charge in [0.2, 0.25) is 0 Å². The topological polar surface area (TPSA) is 58.2 Å². The highest BCUT2D eigenvalue weighted by Crippen LogP contribution is 2.36. The van der Waals surface area contributed by atoms with Crippen molar-refractivity contribution in [2.75, 3.05) is 12.4 Å². The number of hydrogen-bond acceptors (Lipinski definition) is 3. The van der Waals surface area contributed by atoms with E-state index < -0.39 is 11.4 Å². The number of benzene rings is 2. The van der Waals surface area contributed by atoms with Gasteiger partial charge in [0.15, 0.2) is 0 Å². The summed E-state index contributed by atoms with van der Waals surface area (Å²) in [4.78, 5) is 23.7. The second kappa shape index (κ2) is 7.39. The van der Waals surface area contributed by atoms with Crippen LogP contribution in [0.25, 0.3) is 0 Å². The molecular formula is C16H13F3N2O2S. The van der Waals surface area contributed by atoms with E-state index in [1.165, 1.54) is 37.4 Å². The molecule has 126 valence electrons. The van der Waals surface area contributed by atoms with Crippen LogP contribution in [0, 0.1) is 0 Å². The van der Waals surface area contributed by atoms with E-state index in [1.54, 1.807) is 18.2 Å². The highest BCUT2D eigenvalue weighted by atomic mass is 32.2. The molecule has 0 saturated heterocycles. The minimum atomic E-state index is -4.37. The van der Waals surface area contributed by atoms with Crippen LogP contribution in [-0.4, -0.2) is 24.4 Å². The van der Waals surface area contributed by atoms with E-state index in [2.05, 4.69) is 10.6 Å². The minimum absolute atomic E-state index is 0.000615. The van der Waals surface area contributed by atoms with E-state index in [0.717, 1.165) is 0 Å². The van der Waals surface area contributed by atoms with Gasteiger partial charge in [0.05, 0.1) is 0 Å². The fourth-order valence-electron chi connectivity index (χ4n) is 1.89. The molecule has 2 aromatic carbocycles. The number of alkyl halides is 3. The standard InChI is InChI=1S/C16H13F3N2O2S/c1-20-14(22)11-3-2-4-12(9-11)21-15(23)10-5-7-13(8-6-10)24-16(17,18)19/h2-9H,1H3,(H,20,22)(H,21,23). The van der Waals surface area contributed by atoms with E-state index in [0.29, 0.717) is 11.3 Å². The zero-order chi connectivity index (χ0) is 17.7. The average Bonchev–Trinajstić information content (AvgIpc) is 2.53. The van der Waals surface area contributed by atoms with Crippen molar-refractivity contribution >= 4 is 29.3 Å². The first kappa shape index (κ1) is 17.9. The molecule has 2 rings (SSSR count). The van der Waals surface area contributed by atoms with Crippen LogP contribution in [-0.2, 0) is 0 Å². The van der Waals surface area contributed by atoms with Crippen molar-refractivity contribution in [2.45, 2.75) is 10.4 Å². The van der Waals surface area contributed by atoms with Gasteiger partial charge in [-0.1, -0.05) is 6.07 Å². The Morgan fingerprint density at radius 2 is 1.62 bits per heavy atom. The van der Waals surface area contributed by atoms with Gasteiger partial charge in [-0.25, -0.2) is 0 Å². The number of amides is 2. The summed E-state index contributed by atoms with van der Waals surface area (Å²) >= 11 is -0.243. The fraction of sp³-hybridized carbons (Fsp3) is 0.125. The lowest BCUT2D eigenvalue weighted by Gasteiger charge is -2.08. The molecule has 0 aliphatic heterocycles. The van der Waals surface area contributed by atoms with Crippen molar-refractivity contribution in [3.63, 3.8) is 0 Å². The van der Waals surface area contributed by atoms with Crippen molar-refractivity contribution in [3.8, 4) is 0 Å². The summed E-state index contributed by atoms with van der Waals surface area (Å²) in [6, 6.07) is 11.4. The van der Waals surface area contributed by atoms with Gasteiger partial charge < -0.3 is 10.6 Å². The molecule has 0 saturated carbocycles. The van der Waals surface area contributed by atoms with Crippen molar-refractivity contribution in [1.82, 2.24) is 5.32 Å². The quantitative estimate of drug-likeness (QED) is 0.819. The predicted octanol–water partition coefficient (Wildman–Crippen LogP) is 3.91. The van der Waals surface area contributed by atoms with Crippen LogP contribution in [0.4, 0.5) is 18.9 Å². The maximum absolute atomic E-state index is 12.3. The summed E-state index contributed by atoms with van der Waals surface area (Å²) < 4.78 is 36.8. The Bertz CT molecular complexity index is 746. The van der Waals surface area contributed by atoms with Gasteiger partial charge >= 0.3 is 5.51 Å². The van der Waals surface area contributed by atoms with Gasteiger partial charge in [0, 0.05) is 28.8 Å². The lowest BCUT2D eigenvalue weighted by Crippen LogP contribution is -2.18. The van der Waals surface area contributed by atoms with Crippen LogP contribution in [0.3, 0.4) is 0 Å². The summed E-state index contributed by atoms with van der Waals surface area (Å²) in [5.74, 6) is -0.771. The number of hydrogen-bond donors (Lipinski definition) is 2. The maximum Gasteiger partial charge on any atom is 0.446 e. The SMILES string of the molecule is CNC(=O)c1cccc(NC(=O)c2ccc(SC(F)(F)F)cc2)c1. The highest BCUT2D eigenvalue weighted by Gasteiger charge is 2.29. The van der Waals surface area contributed by atoms with Gasteiger partial charge in [-0.2, -0.15) is 13.2 Å². The molecule has 0 fully saturated rings. The molecule has 0 unspecified atom stereocenters. The summed E-state index contributed by atoms with van der Waals surface area (Å²) in [7, 11) is 1.49. The van der Waals surface area contributed by atoms with Crippen molar-refractivity contribution in [1.29, 1.82) is 0 Å². The third-order valence-electron chi connectivity index (χ3n) is 2.96. The largest absolute Gasteiger partial charge is 0.446 e. The summed E-state index contributed by atoms with van der Waals surface area (Å²) in [5.41, 5.74) is -3.36. The van der Waals surface area contributed by atoms with Crippen LogP contribution < -0.4 is 10.6 Å². The Hall–Kier alpha value is -2.48. The Kier molecular flexibility index (Phi) is 5.50. The molecule has 0 atom stereocenters. The van der Waals surface area contributed by atoms with Crippen LogP contribution >= 0.6 is 11.8 Å². The van der Waals surface area contributed by atoms with Gasteiger partial charge in [-0.15, -0.1) is 0 Å². The molecular weight excluding hydrogens is 341 g/mol. The number of thioether (sulfide) groups is 1. The predicted molar refractivity (Wildman–Crippen MR) is 86.1 cm³/mol. The van der Waals surface area contributed by atoms with E-state index in [-0.39, 0.29) is 28.1 Å². The zero-order valence-electron chi connectivity index (χ0n) is 12.5. The number of nitrogens with one attached hydrogen (secondary N) is 2. The smallest absolute Gasteiger partial charge is 0.355 e. The molecule has 4 nitrogen and oxygen atoms in total. The van der Waals surface area contributed by atoms with Crippen molar-refractivity contribution < 1.29 is 22.8 Å². The fourth-order valence-corrected chi connectivity index (χ4v) is 2.43. The molecule has 0 aromatic heterocycles. The van der Waals surface area contributed by atoms with E-state index >= 15 is 0 Å². The molecule has 0 spiro atoms. The molecule has 0 heterocycles. The first-order valence-corrected chi connectivity index (χ1v) is 7.59. The second-order valence-electron chi connectivity index (χ2n) is 4.69. The Balaban J connectivity index is 2.08. The summed E-state index contributed by atoms with van der Waals surface area (Å²) in [6.07, 6.45) is 0. The van der Waals surface area contributed by atoms with E-state index in [4.69, 9.17) is 0 Å². The normalized spacial score (nSPS) is 11.0. The molecule has 0 radical (unpaired) electrons. The van der Waals surface area contributed by atoms with Gasteiger partial charge in [-0.3, -0.25) is 9.59 Å². The van der Waals surface area contributed by atoms with Gasteiger partial charge in [0.25, 0.3) is 11.8 Å². The van der Waals surface area contributed by atoms with E-state index in [1.807, 2.05) is 0 Å². The molecule has 24 heavy (non-hydrogen) atoms. The lowest BCUT2D eigenvalue weighted by molar-refractivity contribution is -0.0328. The molecule has 0 aliphatic rings. The Labute approximate surface area is 140 Å². The summed E-state index contributed by atoms with van der Waals surface area (Å²) in [6.45, 7) is 0. The first-order valence-electron chi connectivity index (χ1n) is 6.78. The highest BCUT2D eigenvalue weighted by molar-refractivity contribution is 8.00. The van der Waals surface area contributed by atoms with Gasteiger partial charge in [0.1, 0.15) is 0 Å². The van der Waals surface area contributed by atoms with Crippen molar-refractivity contribution in [2.24, 2.45) is 0 Å². The molecule has 0 aliphatic carbocycles. The third kappa shape index (κ3) is 5.02. The number of halogens is 3. The molecule has 2 N–H and O–H groups in total. The average molecular weight is 354 g/mol. The molecule has 0 bridgehead atoms. The summed E-state index contributed by atoms with van der Waals surface area (Å²) in [5, 5.41) is 5.07. The molecule has 8 heteroatoms. The van der Waals surface area contributed by atoms with E-state index in [9.17, 15) is 22.8 Å². The Morgan fingerprint density at radius 1 is 0.958 bits per heavy atom. The maximum atomic E-state index is 12.3. The first-order chi connectivity index (χ1) is 11.3. The van der Waals surface area contributed by atoms with Gasteiger partial charge in [-0.05, 0) is 54.2 Å². The monoisotopic (exact) mass is 354 g/mol. The molecule has 2 aromatic rings. The number of carbonyl (C=O) groups excluding carboxylic acids is 2. The number of carbonyl (C=O) groups is 2. The van der Waals surface area contributed by atoms with Crippen LogP contribution in [0.1, 0.15) is 20.7 Å². The Morgan fingerprint density at radius 3 is 2.21 bits per heavy atom. The van der Waals surface area contributed by atoms with Crippen molar-refractivity contribution in [3.05, 3.63) is 59.7 Å². The zero-order valence-corrected chi connectivity index (χ0v) is 13.3. The lowest BCUT2D eigenvalue weighted by atomic mass is 10.1. The van der Waals surface area contributed by atoms with Crippen LogP contribution in [0.2, 0.25) is 0 Å². The van der Waals surface area contributed by atoms with Crippen LogP contribution in [0.15, 0.2) is 53.4 Å². The number of rotatable bonds is 4.